The number of unbranched alkanes of at least 4 members (excludes halogenated alkanes) is 1. The van der Waals surface area contributed by atoms with E-state index in [2.05, 4.69) is 31.0 Å². The molecule has 0 radical (unpaired) electrons. The molecule has 0 saturated heterocycles. The van der Waals surface area contributed by atoms with Gasteiger partial charge in [0, 0.05) is 18.6 Å². The maximum Gasteiger partial charge on any atom is 0.238 e. The monoisotopic (exact) mass is 271 g/mol. The average Bonchev–Trinajstić information content (AvgIpc) is 2.32. The first-order chi connectivity index (χ1) is 8.76. The van der Waals surface area contributed by atoms with Gasteiger partial charge >= 0.3 is 0 Å². The molecule has 4 heteroatoms. The Balaban J connectivity index is 4.86. The zero-order valence-corrected chi connectivity index (χ0v) is 13.6. The van der Waals surface area contributed by atoms with Crippen LogP contribution in [0.3, 0.4) is 0 Å². The van der Waals surface area contributed by atoms with Gasteiger partial charge in [0.2, 0.25) is 5.91 Å². The van der Waals surface area contributed by atoms with E-state index in [1.165, 1.54) is 0 Å². The summed E-state index contributed by atoms with van der Waals surface area (Å²) in [6.45, 7) is 14.3. The van der Waals surface area contributed by atoms with Crippen LogP contribution in [-0.2, 0) is 4.79 Å². The Hall–Kier alpha value is -0.610. The highest BCUT2D eigenvalue weighted by Gasteiger charge is 2.34. The van der Waals surface area contributed by atoms with Crippen molar-refractivity contribution in [2.24, 2.45) is 5.73 Å². The molecule has 0 rings (SSSR count). The number of hydrogen-bond donors (Lipinski definition) is 2. The molecule has 0 aliphatic heterocycles. The van der Waals surface area contributed by atoms with Crippen molar-refractivity contribution in [1.29, 1.82) is 0 Å². The summed E-state index contributed by atoms with van der Waals surface area (Å²) in [4.78, 5) is 14.2. The highest BCUT2D eigenvalue weighted by Crippen LogP contribution is 2.13. The summed E-state index contributed by atoms with van der Waals surface area (Å²) in [5.41, 5.74) is 4.95. The van der Waals surface area contributed by atoms with Crippen LogP contribution in [0, 0.1) is 0 Å². The van der Waals surface area contributed by atoms with Crippen molar-refractivity contribution >= 4 is 5.91 Å². The van der Waals surface area contributed by atoms with Gasteiger partial charge in [-0.3, -0.25) is 9.69 Å². The predicted molar refractivity (Wildman–Crippen MR) is 82.1 cm³/mol. The van der Waals surface area contributed by atoms with Crippen LogP contribution in [0.15, 0.2) is 0 Å². The number of hydrogen-bond acceptors (Lipinski definition) is 3. The molecule has 0 spiro atoms. The van der Waals surface area contributed by atoms with Gasteiger partial charge in [-0.1, -0.05) is 20.3 Å². The second kappa shape index (κ2) is 8.54. The van der Waals surface area contributed by atoms with Crippen LogP contribution in [0.4, 0.5) is 0 Å². The SMILES string of the molecule is CCCCN(CC(C)(NC(C)C)C(N)=O)C(C)CC. The van der Waals surface area contributed by atoms with Crippen LogP contribution in [0.1, 0.15) is 60.8 Å². The molecule has 0 saturated carbocycles. The lowest BCUT2D eigenvalue weighted by Crippen LogP contribution is -2.62. The van der Waals surface area contributed by atoms with Crippen molar-refractivity contribution in [3.05, 3.63) is 0 Å². The van der Waals surface area contributed by atoms with Crippen molar-refractivity contribution in [3.63, 3.8) is 0 Å². The van der Waals surface area contributed by atoms with E-state index in [9.17, 15) is 4.79 Å². The van der Waals surface area contributed by atoms with Crippen LogP contribution in [0.25, 0.3) is 0 Å². The Morgan fingerprint density at radius 1 is 1.32 bits per heavy atom. The fourth-order valence-corrected chi connectivity index (χ4v) is 2.31. The molecule has 114 valence electrons. The number of amides is 1. The van der Waals surface area contributed by atoms with E-state index in [0.717, 1.165) is 25.8 Å². The lowest BCUT2D eigenvalue weighted by molar-refractivity contribution is -0.125. The summed E-state index contributed by atoms with van der Waals surface area (Å²) in [5, 5.41) is 3.33. The molecular formula is C15H33N3O. The van der Waals surface area contributed by atoms with E-state index >= 15 is 0 Å². The van der Waals surface area contributed by atoms with Crippen LogP contribution in [-0.4, -0.2) is 41.5 Å². The van der Waals surface area contributed by atoms with Crippen molar-refractivity contribution < 1.29 is 4.79 Å². The Labute approximate surface area is 119 Å². The highest BCUT2D eigenvalue weighted by molar-refractivity contribution is 5.84. The minimum absolute atomic E-state index is 0.238. The molecule has 2 unspecified atom stereocenters. The molecule has 0 aromatic carbocycles. The summed E-state index contributed by atoms with van der Waals surface area (Å²) in [5.74, 6) is -0.272. The third-order valence-corrected chi connectivity index (χ3v) is 3.68. The third-order valence-electron chi connectivity index (χ3n) is 3.68. The van der Waals surface area contributed by atoms with Crippen LogP contribution < -0.4 is 11.1 Å². The fourth-order valence-electron chi connectivity index (χ4n) is 2.31. The topological polar surface area (TPSA) is 58.4 Å². The molecule has 19 heavy (non-hydrogen) atoms. The van der Waals surface area contributed by atoms with Crippen molar-refractivity contribution in [2.75, 3.05) is 13.1 Å². The van der Waals surface area contributed by atoms with Crippen LogP contribution in [0.2, 0.25) is 0 Å². The standard InChI is InChI=1S/C15H33N3O/c1-7-9-10-18(13(5)8-2)11-15(6,14(16)19)17-12(3)4/h12-13,17H,7-11H2,1-6H3,(H2,16,19). The molecule has 0 aromatic rings. The molecule has 0 aromatic heterocycles. The van der Waals surface area contributed by atoms with E-state index in [4.69, 9.17) is 5.73 Å². The number of nitrogens with one attached hydrogen (secondary N) is 1. The summed E-state index contributed by atoms with van der Waals surface area (Å²) >= 11 is 0. The predicted octanol–water partition coefficient (Wildman–Crippen LogP) is 2.13. The van der Waals surface area contributed by atoms with E-state index in [1.807, 2.05) is 20.8 Å². The first-order valence-electron chi connectivity index (χ1n) is 7.58. The number of primary amides is 1. The molecule has 0 aliphatic carbocycles. The molecule has 0 heterocycles. The third kappa shape index (κ3) is 6.39. The highest BCUT2D eigenvalue weighted by atomic mass is 16.1. The van der Waals surface area contributed by atoms with E-state index in [-0.39, 0.29) is 11.9 Å². The zero-order valence-electron chi connectivity index (χ0n) is 13.6. The van der Waals surface area contributed by atoms with Gasteiger partial charge in [-0.2, -0.15) is 0 Å². The number of nitrogens with zero attached hydrogens (tertiary/aromatic N) is 1. The van der Waals surface area contributed by atoms with Gasteiger partial charge in [-0.25, -0.2) is 0 Å². The lowest BCUT2D eigenvalue weighted by atomic mass is 9.98. The summed E-state index contributed by atoms with van der Waals surface area (Å²) in [7, 11) is 0. The molecule has 0 bridgehead atoms. The Bertz CT molecular complexity index is 268. The average molecular weight is 271 g/mol. The Morgan fingerprint density at radius 2 is 1.89 bits per heavy atom. The first-order valence-corrected chi connectivity index (χ1v) is 7.58. The van der Waals surface area contributed by atoms with Crippen molar-refractivity contribution in [1.82, 2.24) is 10.2 Å². The number of rotatable bonds is 10. The number of carbonyl (C=O) groups is 1. The normalized spacial score (nSPS) is 16.6. The lowest BCUT2D eigenvalue weighted by Gasteiger charge is -2.38. The van der Waals surface area contributed by atoms with Gasteiger partial charge in [0.25, 0.3) is 0 Å². The smallest absolute Gasteiger partial charge is 0.238 e. The molecule has 4 nitrogen and oxygen atoms in total. The fraction of sp³-hybridized carbons (Fsp3) is 0.933. The van der Waals surface area contributed by atoms with Crippen molar-refractivity contribution in [2.45, 2.75) is 78.4 Å². The van der Waals surface area contributed by atoms with Gasteiger partial charge in [-0.05, 0) is 47.1 Å². The second-order valence-electron chi connectivity index (χ2n) is 6.08. The molecule has 3 N–H and O–H groups in total. The van der Waals surface area contributed by atoms with Crippen LogP contribution in [0.5, 0.6) is 0 Å². The van der Waals surface area contributed by atoms with Gasteiger partial charge in [0.15, 0.2) is 0 Å². The molecule has 0 fully saturated rings. The van der Waals surface area contributed by atoms with Crippen molar-refractivity contribution in [3.8, 4) is 0 Å². The largest absolute Gasteiger partial charge is 0.368 e. The molecule has 1 amide bonds. The quantitative estimate of drug-likeness (QED) is 0.640. The van der Waals surface area contributed by atoms with Gasteiger partial charge in [-0.15, -0.1) is 0 Å². The molecule has 2 atom stereocenters. The maximum absolute atomic E-state index is 11.8. The van der Waals surface area contributed by atoms with Gasteiger partial charge in [0.1, 0.15) is 5.54 Å². The number of carbonyl (C=O) groups excluding carboxylic acids is 1. The summed E-state index contributed by atoms with van der Waals surface area (Å²) < 4.78 is 0. The summed E-state index contributed by atoms with van der Waals surface area (Å²) in [6.07, 6.45) is 3.40. The van der Waals surface area contributed by atoms with Gasteiger partial charge < -0.3 is 11.1 Å². The molecule has 0 aliphatic rings. The Morgan fingerprint density at radius 3 is 2.26 bits per heavy atom. The minimum Gasteiger partial charge on any atom is -0.368 e. The van der Waals surface area contributed by atoms with E-state index in [0.29, 0.717) is 12.6 Å². The summed E-state index contributed by atoms with van der Waals surface area (Å²) in [6, 6.07) is 0.710. The number of nitrogens with two attached hydrogens (primary N) is 1. The molecular weight excluding hydrogens is 238 g/mol. The first kappa shape index (κ1) is 18.4. The van der Waals surface area contributed by atoms with E-state index < -0.39 is 5.54 Å². The zero-order chi connectivity index (χ0) is 15.1. The second-order valence-corrected chi connectivity index (χ2v) is 6.08. The van der Waals surface area contributed by atoms with Gasteiger partial charge in [0.05, 0.1) is 0 Å². The maximum atomic E-state index is 11.8. The van der Waals surface area contributed by atoms with Crippen LogP contribution >= 0.6 is 0 Å². The minimum atomic E-state index is -0.661. The Kier molecular flexibility index (Phi) is 8.26. The van der Waals surface area contributed by atoms with E-state index in [1.54, 1.807) is 0 Å².